The fourth-order valence-corrected chi connectivity index (χ4v) is 3.84. The molecule has 0 saturated heterocycles. The Morgan fingerprint density at radius 3 is 2.43 bits per heavy atom. The molecule has 1 heterocycles. The number of nitrogens with one attached hydrogen (secondary N) is 2. The van der Waals surface area contributed by atoms with Crippen molar-refractivity contribution in [3.05, 3.63) is 75.6 Å². The normalized spacial score (nSPS) is 10.5. The highest BCUT2D eigenvalue weighted by molar-refractivity contribution is 7.18. The van der Waals surface area contributed by atoms with Crippen molar-refractivity contribution < 1.29 is 19.1 Å². The van der Waals surface area contributed by atoms with Gasteiger partial charge in [0.15, 0.2) is 0 Å². The minimum Gasteiger partial charge on any atom is -0.491 e. The number of thiophene rings is 1. The first-order valence-corrected chi connectivity index (χ1v) is 10.4. The molecule has 0 bridgehead atoms. The van der Waals surface area contributed by atoms with Gasteiger partial charge in [-0.05, 0) is 55.0 Å². The molecule has 30 heavy (non-hydrogen) atoms. The number of hydrogen-bond acceptors (Lipinski definition) is 5. The maximum absolute atomic E-state index is 12.7. The van der Waals surface area contributed by atoms with Crippen LogP contribution in [0.15, 0.2) is 54.6 Å². The van der Waals surface area contributed by atoms with Crippen LogP contribution in [0.1, 0.15) is 25.6 Å². The first kappa shape index (κ1) is 21.8. The second-order valence-corrected chi connectivity index (χ2v) is 7.84. The molecule has 2 aromatic carbocycles. The van der Waals surface area contributed by atoms with Crippen molar-refractivity contribution in [1.29, 1.82) is 0 Å². The summed E-state index contributed by atoms with van der Waals surface area (Å²) in [6.07, 6.45) is 0. The van der Waals surface area contributed by atoms with Crippen LogP contribution in [0.25, 0.3) is 0 Å². The van der Waals surface area contributed by atoms with Crippen LogP contribution in [0.5, 0.6) is 5.75 Å². The quantitative estimate of drug-likeness (QED) is 0.466. The van der Waals surface area contributed by atoms with Crippen LogP contribution in [-0.4, -0.2) is 32.1 Å². The Labute approximate surface area is 183 Å². The van der Waals surface area contributed by atoms with Gasteiger partial charge < -0.3 is 20.1 Å². The van der Waals surface area contributed by atoms with E-state index in [-0.39, 0.29) is 11.8 Å². The highest BCUT2D eigenvalue weighted by Crippen LogP contribution is 2.29. The molecule has 2 N–H and O–H groups in total. The van der Waals surface area contributed by atoms with Crippen LogP contribution in [0, 0.1) is 6.92 Å². The zero-order chi connectivity index (χ0) is 21.5. The van der Waals surface area contributed by atoms with E-state index in [0.717, 1.165) is 5.56 Å². The number of amides is 2. The van der Waals surface area contributed by atoms with Crippen molar-refractivity contribution in [2.75, 3.05) is 31.0 Å². The molecule has 0 aliphatic carbocycles. The maximum atomic E-state index is 12.7. The zero-order valence-electron chi connectivity index (χ0n) is 16.5. The van der Waals surface area contributed by atoms with E-state index >= 15 is 0 Å². The predicted octanol–water partition coefficient (Wildman–Crippen LogP) is 5.24. The van der Waals surface area contributed by atoms with E-state index in [9.17, 15) is 9.59 Å². The number of carbonyl (C=O) groups excluding carboxylic acids is 2. The highest BCUT2D eigenvalue weighted by atomic mass is 35.5. The molecule has 3 aromatic rings. The van der Waals surface area contributed by atoms with Gasteiger partial charge in [-0.3, -0.25) is 9.59 Å². The minimum absolute atomic E-state index is 0.246. The van der Waals surface area contributed by atoms with E-state index < -0.39 is 0 Å². The van der Waals surface area contributed by atoms with Gasteiger partial charge in [-0.25, -0.2) is 0 Å². The first-order valence-electron chi connectivity index (χ1n) is 9.17. The molecule has 0 unspecified atom stereocenters. The Morgan fingerprint density at radius 2 is 1.73 bits per heavy atom. The van der Waals surface area contributed by atoms with E-state index in [1.807, 2.05) is 6.92 Å². The van der Waals surface area contributed by atoms with Crippen LogP contribution in [-0.2, 0) is 4.74 Å². The lowest BCUT2D eigenvalue weighted by Crippen LogP contribution is -2.12. The van der Waals surface area contributed by atoms with Gasteiger partial charge >= 0.3 is 0 Å². The predicted molar refractivity (Wildman–Crippen MR) is 120 cm³/mol. The van der Waals surface area contributed by atoms with Crippen LogP contribution in [0.4, 0.5) is 10.7 Å². The van der Waals surface area contributed by atoms with Gasteiger partial charge in [-0.2, -0.15) is 0 Å². The molecule has 0 radical (unpaired) electrons. The zero-order valence-corrected chi connectivity index (χ0v) is 18.1. The summed E-state index contributed by atoms with van der Waals surface area (Å²) < 4.78 is 10.5. The summed E-state index contributed by atoms with van der Waals surface area (Å²) in [6, 6.07) is 15.7. The third-order valence-corrected chi connectivity index (χ3v) is 5.63. The smallest absolute Gasteiger partial charge is 0.266 e. The maximum Gasteiger partial charge on any atom is 0.266 e. The minimum atomic E-state index is -0.321. The molecular formula is C22H21ClN2O4S. The number of rotatable bonds is 8. The first-order chi connectivity index (χ1) is 14.5. The second kappa shape index (κ2) is 10.2. The monoisotopic (exact) mass is 444 g/mol. The molecule has 0 aliphatic heterocycles. The lowest BCUT2D eigenvalue weighted by molar-refractivity contribution is 0.102. The molecule has 6 nitrogen and oxygen atoms in total. The summed E-state index contributed by atoms with van der Waals surface area (Å²) in [5.41, 5.74) is 1.80. The van der Waals surface area contributed by atoms with Crippen molar-refractivity contribution in [3.8, 4) is 5.75 Å². The topological polar surface area (TPSA) is 76.7 Å². The Balaban J connectivity index is 1.64. The van der Waals surface area contributed by atoms with Gasteiger partial charge in [0.1, 0.15) is 12.4 Å². The SMILES string of the molecule is COCCOc1ccc(NC(=O)c2sc(NC(=O)c3ccccc3Cl)cc2C)cc1. The number of carbonyl (C=O) groups is 2. The molecular weight excluding hydrogens is 424 g/mol. The summed E-state index contributed by atoms with van der Waals surface area (Å²) in [4.78, 5) is 25.6. The molecule has 2 amide bonds. The van der Waals surface area contributed by atoms with Crippen LogP contribution >= 0.6 is 22.9 Å². The molecule has 0 aliphatic rings. The summed E-state index contributed by atoms with van der Waals surface area (Å²) in [5, 5.41) is 6.60. The third kappa shape index (κ3) is 5.60. The second-order valence-electron chi connectivity index (χ2n) is 6.38. The number of benzene rings is 2. The van der Waals surface area contributed by atoms with Crippen molar-refractivity contribution >= 4 is 45.4 Å². The van der Waals surface area contributed by atoms with E-state index in [4.69, 9.17) is 21.1 Å². The Hall–Kier alpha value is -2.87. The summed E-state index contributed by atoms with van der Waals surface area (Å²) >= 11 is 7.28. The Kier molecular flexibility index (Phi) is 7.46. The molecule has 8 heteroatoms. The van der Waals surface area contributed by atoms with Gasteiger partial charge in [0, 0.05) is 12.8 Å². The Morgan fingerprint density at radius 1 is 1.00 bits per heavy atom. The van der Waals surface area contributed by atoms with E-state index in [2.05, 4.69) is 10.6 Å². The third-order valence-electron chi connectivity index (χ3n) is 4.15. The number of aryl methyl sites for hydroxylation is 1. The van der Waals surface area contributed by atoms with E-state index in [0.29, 0.717) is 45.1 Å². The van der Waals surface area contributed by atoms with E-state index in [1.165, 1.54) is 11.3 Å². The number of anilines is 2. The highest BCUT2D eigenvalue weighted by Gasteiger charge is 2.17. The number of ether oxygens (including phenoxy) is 2. The summed E-state index contributed by atoms with van der Waals surface area (Å²) in [5.74, 6) is 0.128. The molecule has 0 fully saturated rings. The lowest BCUT2D eigenvalue weighted by Gasteiger charge is -2.08. The van der Waals surface area contributed by atoms with Crippen molar-refractivity contribution in [2.24, 2.45) is 0 Å². The van der Waals surface area contributed by atoms with Gasteiger partial charge in [0.25, 0.3) is 11.8 Å². The summed E-state index contributed by atoms with van der Waals surface area (Å²) in [6.45, 7) is 2.79. The van der Waals surface area contributed by atoms with Crippen LogP contribution in [0.3, 0.4) is 0 Å². The fourth-order valence-electron chi connectivity index (χ4n) is 2.66. The van der Waals surface area contributed by atoms with Gasteiger partial charge in [-0.15, -0.1) is 11.3 Å². The van der Waals surface area contributed by atoms with Gasteiger partial charge in [0.05, 0.1) is 27.1 Å². The largest absolute Gasteiger partial charge is 0.491 e. The molecule has 0 spiro atoms. The molecule has 156 valence electrons. The average molecular weight is 445 g/mol. The summed E-state index contributed by atoms with van der Waals surface area (Å²) in [7, 11) is 1.61. The van der Waals surface area contributed by atoms with Crippen LogP contribution < -0.4 is 15.4 Å². The molecule has 3 rings (SSSR count). The van der Waals surface area contributed by atoms with Crippen molar-refractivity contribution in [3.63, 3.8) is 0 Å². The van der Waals surface area contributed by atoms with Crippen molar-refractivity contribution in [1.82, 2.24) is 0 Å². The van der Waals surface area contributed by atoms with Gasteiger partial charge in [0.2, 0.25) is 0 Å². The lowest BCUT2D eigenvalue weighted by atomic mass is 10.2. The number of methoxy groups -OCH3 is 1. The van der Waals surface area contributed by atoms with Crippen LogP contribution in [0.2, 0.25) is 5.02 Å². The molecule has 0 atom stereocenters. The average Bonchev–Trinajstić information content (AvgIpc) is 3.10. The molecule has 0 saturated carbocycles. The van der Waals surface area contributed by atoms with Gasteiger partial charge in [-0.1, -0.05) is 23.7 Å². The standard InChI is InChI=1S/C22H21ClN2O4S/c1-14-13-19(25-21(26)17-5-3-4-6-18(17)23)30-20(14)22(27)24-15-7-9-16(10-8-15)29-12-11-28-2/h3-10,13H,11-12H2,1-2H3,(H,24,27)(H,25,26). The Bertz CT molecular complexity index is 1030. The number of hydrogen-bond donors (Lipinski definition) is 2. The fraction of sp³-hybridized carbons (Fsp3) is 0.182. The molecule has 1 aromatic heterocycles. The number of halogens is 1. The van der Waals surface area contributed by atoms with E-state index in [1.54, 1.807) is 61.7 Å². The van der Waals surface area contributed by atoms with Crippen molar-refractivity contribution in [2.45, 2.75) is 6.92 Å².